The van der Waals surface area contributed by atoms with E-state index in [4.69, 9.17) is 0 Å². The smallest absolute Gasteiger partial charge is 0.315 e. The van der Waals surface area contributed by atoms with Crippen LogP contribution in [-0.4, -0.2) is 27.0 Å². The number of hydrogen-bond acceptors (Lipinski definition) is 3. The Balaban J connectivity index is 2.76. The molecule has 1 aromatic rings. The number of rotatable bonds is 4. The van der Waals surface area contributed by atoms with Crippen LogP contribution in [0.4, 0.5) is 4.79 Å². The van der Waals surface area contributed by atoms with Crippen LogP contribution in [0.15, 0.2) is 29.2 Å². The molecule has 0 heterocycles. The van der Waals surface area contributed by atoms with Crippen molar-refractivity contribution in [1.29, 1.82) is 0 Å². The summed E-state index contributed by atoms with van der Waals surface area (Å²) in [5.41, 5.74) is 0.517. The molecule has 118 valence electrons. The lowest BCUT2D eigenvalue weighted by Gasteiger charge is -2.23. The molecule has 0 spiro atoms. The van der Waals surface area contributed by atoms with Crippen LogP contribution in [0.25, 0.3) is 0 Å². The molecule has 0 aliphatic heterocycles. The van der Waals surface area contributed by atoms with E-state index < -0.39 is 10.0 Å². The van der Waals surface area contributed by atoms with Crippen molar-refractivity contribution in [3.05, 3.63) is 29.8 Å². The van der Waals surface area contributed by atoms with E-state index in [0.717, 1.165) is 5.56 Å². The summed E-state index contributed by atoms with van der Waals surface area (Å²) < 4.78 is 25.5. The molecule has 2 amide bonds. The van der Waals surface area contributed by atoms with Gasteiger partial charge in [0.15, 0.2) is 0 Å². The Labute approximate surface area is 126 Å². The van der Waals surface area contributed by atoms with E-state index in [1.807, 2.05) is 27.7 Å². The topological polar surface area (TPSA) is 87.3 Å². The van der Waals surface area contributed by atoms with Crippen LogP contribution in [0.3, 0.4) is 0 Å². The van der Waals surface area contributed by atoms with Crippen LogP contribution in [0.2, 0.25) is 0 Å². The molecule has 0 saturated heterocycles. The van der Waals surface area contributed by atoms with Gasteiger partial charge in [-0.15, -0.1) is 0 Å². The van der Waals surface area contributed by atoms with Crippen LogP contribution in [0.5, 0.6) is 0 Å². The zero-order chi connectivity index (χ0) is 16.3. The second-order valence-corrected chi connectivity index (χ2v) is 7.73. The van der Waals surface area contributed by atoms with Gasteiger partial charge in [0, 0.05) is 5.54 Å². The van der Waals surface area contributed by atoms with Gasteiger partial charge in [-0.1, -0.05) is 12.1 Å². The third-order valence-electron chi connectivity index (χ3n) is 2.80. The van der Waals surface area contributed by atoms with Crippen LogP contribution in [0.1, 0.15) is 39.3 Å². The van der Waals surface area contributed by atoms with E-state index in [1.165, 1.54) is 19.2 Å². The number of sulfonamides is 1. The van der Waals surface area contributed by atoms with Gasteiger partial charge in [0.2, 0.25) is 10.0 Å². The highest BCUT2D eigenvalue weighted by Gasteiger charge is 2.17. The van der Waals surface area contributed by atoms with Crippen LogP contribution in [0, 0.1) is 0 Å². The van der Waals surface area contributed by atoms with Gasteiger partial charge in [0.1, 0.15) is 0 Å². The van der Waals surface area contributed by atoms with Gasteiger partial charge in [-0.3, -0.25) is 0 Å². The monoisotopic (exact) mass is 313 g/mol. The van der Waals surface area contributed by atoms with Crippen LogP contribution >= 0.6 is 0 Å². The molecule has 0 saturated carbocycles. The fourth-order valence-electron chi connectivity index (χ4n) is 1.71. The van der Waals surface area contributed by atoms with Crippen molar-refractivity contribution in [2.75, 3.05) is 7.05 Å². The summed E-state index contributed by atoms with van der Waals surface area (Å²) in [5, 5.41) is 5.62. The molecule has 0 bridgehead atoms. The summed E-state index contributed by atoms with van der Waals surface area (Å²) in [6, 6.07) is 5.92. The lowest BCUT2D eigenvalue weighted by atomic mass is 10.1. The SMILES string of the molecule is CNS(=O)(=O)c1ccc(C(C)NC(=O)NC(C)(C)C)cc1. The first-order chi connectivity index (χ1) is 9.55. The standard InChI is InChI=1S/C14H23N3O3S/c1-10(16-13(18)17-14(2,3)4)11-6-8-12(9-7-11)21(19,20)15-5/h6-10,15H,1-5H3,(H2,16,17,18). The van der Waals surface area contributed by atoms with E-state index in [1.54, 1.807) is 12.1 Å². The molecular weight excluding hydrogens is 290 g/mol. The van der Waals surface area contributed by atoms with E-state index in [0.29, 0.717) is 0 Å². The van der Waals surface area contributed by atoms with Gasteiger partial charge in [0.05, 0.1) is 10.9 Å². The van der Waals surface area contributed by atoms with Gasteiger partial charge >= 0.3 is 6.03 Å². The highest BCUT2D eigenvalue weighted by atomic mass is 32.2. The lowest BCUT2D eigenvalue weighted by molar-refractivity contribution is 0.229. The van der Waals surface area contributed by atoms with E-state index in [2.05, 4.69) is 15.4 Å². The quantitative estimate of drug-likeness (QED) is 0.791. The Morgan fingerprint density at radius 3 is 2.10 bits per heavy atom. The number of urea groups is 1. The molecule has 6 nitrogen and oxygen atoms in total. The zero-order valence-electron chi connectivity index (χ0n) is 13.0. The molecular formula is C14H23N3O3S. The van der Waals surface area contributed by atoms with Gasteiger partial charge < -0.3 is 10.6 Å². The van der Waals surface area contributed by atoms with Crippen LogP contribution < -0.4 is 15.4 Å². The van der Waals surface area contributed by atoms with Crippen molar-refractivity contribution in [3.63, 3.8) is 0 Å². The second kappa shape index (κ2) is 6.44. The van der Waals surface area contributed by atoms with Crippen molar-refractivity contribution in [1.82, 2.24) is 15.4 Å². The maximum atomic E-state index is 11.8. The Morgan fingerprint density at radius 1 is 1.14 bits per heavy atom. The van der Waals surface area contributed by atoms with Crippen molar-refractivity contribution in [2.24, 2.45) is 0 Å². The number of benzene rings is 1. The molecule has 1 rings (SSSR count). The highest BCUT2D eigenvalue weighted by Crippen LogP contribution is 2.16. The Bertz CT molecular complexity index is 589. The molecule has 7 heteroatoms. The molecule has 1 aromatic carbocycles. The number of hydrogen-bond donors (Lipinski definition) is 3. The number of carbonyl (C=O) groups excluding carboxylic acids is 1. The molecule has 3 N–H and O–H groups in total. The third-order valence-corrected chi connectivity index (χ3v) is 4.23. The minimum Gasteiger partial charge on any atom is -0.334 e. The second-order valence-electron chi connectivity index (χ2n) is 5.85. The van der Waals surface area contributed by atoms with Gasteiger partial charge in [-0.2, -0.15) is 0 Å². The number of carbonyl (C=O) groups is 1. The maximum Gasteiger partial charge on any atom is 0.315 e. The zero-order valence-corrected chi connectivity index (χ0v) is 13.8. The molecule has 21 heavy (non-hydrogen) atoms. The summed E-state index contributed by atoms with van der Waals surface area (Å²) in [7, 11) is -2.07. The van der Waals surface area contributed by atoms with Gasteiger partial charge in [0.25, 0.3) is 0 Å². The van der Waals surface area contributed by atoms with Crippen molar-refractivity contribution < 1.29 is 13.2 Å². The number of amides is 2. The molecule has 0 radical (unpaired) electrons. The molecule has 1 atom stereocenters. The lowest BCUT2D eigenvalue weighted by Crippen LogP contribution is -2.47. The Hall–Kier alpha value is -1.60. The fourth-order valence-corrected chi connectivity index (χ4v) is 2.44. The first kappa shape index (κ1) is 17.5. The average Bonchev–Trinajstić information content (AvgIpc) is 2.36. The first-order valence-corrected chi connectivity index (χ1v) is 8.15. The predicted molar refractivity (Wildman–Crippen MR) is 82.5 cm³/mol. The summed E-state index contributed by atoms with van der Waals surface area (Å²) in [6.07, 6.45) is 0. The maximum absolute atomic E-state index is 11.8. The van der Waals surface area contributed by atoms with Crippen LogP contribution in [-0.2, 0) is 10.0 Å². The Kier molecular flexibility index (Phi) is 5.36. The van der Waals surface area contributed by atoms with Gasteiger partial charge in [-0.05, 0) is 52.4 Å². The largest absolute Gasteiger partial charge is 0.334 e. The fraction of sp³-hybridized carbons (Fsp3) is 0.500. The normalized spacial score (nSPS) is 13.6. The molecule has 0 aliphatic carbocycles. The summed E-state index contributed by atoms with van der Waals surface area (Å²) in [4.78, 5) is 12.0. The summed E-state index contributed by atoms with van der Waals surface area (Å²) >= 11 is 0. The van der Waals surface area contributed by atoms with E-state index in [-0.39, 0.29) is 22.5 Å². The number of nitrogens with one attached hydrogen (secondary N) is 3. The van der Waals surface area contributed by atoms with E-state index in [9.17, 15) is 13.2 Å². The summed E-state index contributed by atoms with van der Waals surface area (Å²) in [6.45, 7) is 7.53. The molecule has 0 fully saturated rings. The Morgan fingerprint density at radius 2 is 1.67 bits per heavy atom. The summed E-state index contributed by atoms with van der Waals surface area (Å²) in [5.74, 6) is 0. The first-order valence-electron chi connectivity index (χ1n) is 6.67. The minimum absolute atomic E-state index is 0.195. The highest BCUT2D eigenvalue weighted by molar-refractivity contribution is 7.89. The molecule has 0 aliphatic rings. The minimum atomic E-state index is -3.44. The van der Waals surface area contributed by atoms with Gasteiger partial charge in [-0.25, -0.2) is 17.9 Å². The predicted octanol–water partition coefficient (Wildman–Crippen LogP) is 1.75. The third kappa shape index (κ3) is 5.35. The van der Waals surface area contributed by atoms with Crippen molar-refractivity contribution in [3.8, 4) is 0 Å². The molecule has 1 unspecified atom stereocenters. The van der Waals surface area contributed by atoms with Crippen molar-refractivity contribution in [2.45, 2.75) is 44.2 Å². The van der Waals surface area contributed by atoms with Crippen molar-refractivity contribution >= 4 is 16.1 Å². The average molecular weight is 313 g/mol. The van der Waals surface area contributed by atoms with E-state index >= 15 is 0 Å². The molecule has 0 aromatic heterocycles.